The monoisotopic (exact) mass is 491 g/mol. The highest BCUT2D eigenvalue weighted by Crippen LogP contribution is 2.34. The molecule has 0 atom stereocenters. The van der Waals surface area contributed by atoms with Crippen molar-refractivity contribution in [3.8, 4) is 0 Å². The van der Waals surface area contributed by atoms with Crippen molar-refractivity contribution in [2.75, 3.05) is 31.1 Å². The molecule has 13 heteroatoms. The van der Waals surface area contributed by atoms with Gasteiger partial charge in [0.1, 0.15) is 12.4 Å². The first-order valence-corrected chi connectivity index (χ1v) is 10.1. The summed E-state index contributed by atoms with van der Waals surface area (Å²) in [6.45, 7) is 0.160. The molecule has 0 radical (unpaired) electrons. The van der Waals surface area contributed by atoms with E-state index in [-0.39, 0.29) is 48.1 Å². The van der Waals surface area contributed by atoms with Crippen LogP contribution < -0.4 is 4.90 Å². The van der Waals surface area contributed by atoms with Gasteiger partial charge in [0, 0.05) is 32.4 Å². The molecule has 1 aromatic carbocycles. The third kappa shape index (κ3) is 4.70. The Morgan fingerprint density at radius 2 is 1.67 bits per heavy atom. The lowest BCUT2D eigenvalue weighted by molar-refractivity contribution is -0.148. The molecular weight excluding hydrogens is 476 g/mol. The maximum atomic E-state index is 13.5. The van der Waals surface area contributed by atoms with Crippen LogP contribution in [0.1, 0.15) is 11.4 Å². The Hall–Kier alpha value is -3.02. The number of aromatic nitrogens is 3. The van der Waals surface area contributed by atoms with Crippen LogP contribution in [0.15, 0.2) is 36.5 Å². The van der Waals surface area contributed by atoms with E-state index < -0.39 is 36.2 Å². The summed E-state index contributed by atoms with van der Waals surface area (Å²) in [6.07, 6.45) is -8.63. The summed E-state index contributed by atoms with van der Waals surface area (Å²) < 4.78 is 79.6. The number of fused-ring (bicyclic) bond motifs is 1. The number of piperazine rings is 1. The number of nitrogens with zero attached hydrogens (tertiary/aromatic N) is 5. The second-order valence-electron chi connectivity index (χ2n) is 7.40. The number of hydrogen-bond donors (Lipinski definition) is 0. The van der Waals surface area contributed by atoms with Gasteiger partial charge < -0.3 is 14.4 Å². The predicted octanol–water partition coefficient (Wildman–Crippen LogP) is 4.47. The number of anilines is 1. The number of halogens is 7. The number of amides is 1. The molecule has 0 N–H and O–H groups in total. The van der Waals surface area contributed by atoms with Crippen molar-refractivity contribution in [1.82, 2.24) is 19.4 Å². The van der Waals surface area contributed by atoms with Crippen LogP contribution in [0.25, 0.3) is 11.0 Å². The van der Waals surface area contributed by atoms with E-state index in [9.17, 15) is 31.1 Å². The lowest BCUT2D eigenvalue weighted by Gasteiger charge is -2.36. The maximum Gasteiger partial charge on any atom is 0.449 e. The Kier molecular flexibility index (Phi) is 5.89. The number of rotatable bonds is 3. The van der Waals surface area contributed by atoms with Crippen LogP contribution in [0.4, 0.5) is 32.2 Å². The molecule has 0 saturated carbocycles. The molecule has 3 heterocycles. The Labute approximate surface area is 188 Å². The summed E-state index contributed by atoms with van der Waals surface area (Å²) in [4.78, 5) is 23.2. The van der Waals surface area contributed by atoms with Crippen molar-refractivity contribution in [3.63, 3.8) is 0 Å². The molecule has 1 fully saturated rings. The van der Waals surface area contributed by atoms with Crippen molar-refractivity contribution in [2.24, 2.45) is 0 Å². The molecule has 0 aliphatic carbocycles. The van der Waals surface area contributed by atoms with Gasteiger partial charge in [0.15, 0.2) is 0 Å². The van der Waals surface area contributed by atoms with Gasteiger partial charge in [-0.15, -0.1) is 0 Å². The van der Waals surface area contributed by atoms with Gasteiger partial charge in [0.05, 0.1) is 21.6 Å². The second kappa shape index (κ2) is 8.40. The fourth-order valence-corrected chi connectivity index (χ4v) is 3.96. The van der Waals surface area contributed by atoms with Crippen molar-refractivity contribution < 1.29 is 31.1 Å². The van der Waals surface area contributed by atoms with Crippen LogP contribution in [-0.2, 0) is 23.7 Å². The van der Waals surface area contributed by atoms with Gasteiger partial charge in [-0.05, 0) is 18.2 Å². The predicted molar refractivity (Wildman–Crippen MR) is 108 cm³/mol. The van der Waals surface area contributed by atoms with Crippen molar-refractivity contribution >= 4 is 34.4 Å². The SMILES string of the molecule is O=C(Cn1c(C(F)(F)F)nc2ccccc21)N1CCN(c2ncc(C(F)(F)F)cc2Cl)CC1. The van der Waals surface area contributed by atoms with Gasteiger partial charge in [0.25, 0.3) is 0 Å². The first-order valence-electron chi connectivity index (χ1n) is 9.73. The van der Waals surface area contributed by atoms with E-state index in [1.54, 1.807) is 17.0 Å². The molecule has 176 valence electrons. The summed E-state index contributed by atoms with van der Waals surface area (Å²) in [5.41, 5.74) is -0.652. The van der Waals surface area contributed by atoms with Gasteiger partial charge in [0.2, 0.25) is 11.7 Å². The van der Waals surface area contributed by atoms with Crippen LogP contribution in [0.2, 0.25) is 5.02 Å². The van der Waals surface area contributed by atoms with E-state index in [4.69, 9.17) is 11.6 Å². The molecule has 33 heavy (non-hydrogen) atoms. The molecule has 0 bridgehead atoms. The van der Waals surface area contributed by atoms with Crippen molar-refractivity contribution in [1.29, 1.82) is 0 Å². The Balaban J connectivity index is 1.47. The van der Waals surface area contributed by atoms with Gasteiger partial charge in [-0.2, -0.15) is 26.3 Å². The molecule has 1 saturated heterocycles. The fourth-order valence-electron chi connectivity index (χ4n) is 3.67. The molecule has 2 aromatic heterocycles. The fraction of sp³-hybridized carbons (Fsp3) is 0.350. The van der Waals surface area contributed by atoms with Crippen LogP contribution in [0.5, 0.6) is 0 Å². The number of imidazole rings is 1. The second-order valence-corrected chi connectivity index (χ2v) is 7.81. The Bertz CT molecular complexity index is 1180. The van der Waals surface area contributed by atoms with E-state index in [0.29, 0.717) is 6.20 Å². The quantitative estimate of drug-likeness (QED) is 0.507. The number of para-hydroxylation sites is 2. The topological polar surface area (TPSA) is 54.3 Å². The summed E-state index contributed by atoms with van der Waals surface area (Å²) in [7, 11) is 0. The van der Waals surface area contributed by atoms with Gasteiger partial charge in [-0.25, -0.2) is 9.97 Å². The van der Waals surface area contributed by atoms with Crippen molar-refractivity contribution in [3.05, 3.63) is 52.9 Å². The number of alkyl halides is 6. The van der Waals surface area contributed by atoms with Gasteiger partial charge >= 0.3 is 12.4 Å². The number of benzene rings is 1. The molecule has 1 amide bonds. The standard InChI is InChI=1S/C20H16ClF6N5O/c21-13-9-12(19(22,23)24)10-28-17(13)31-7-5-30(6-8-31)16(33)11-32-15-4-2-1-3-14(15)29-18(32)20(25,26)27/h1-4,9-10H,5-8,11H2. The zero-order chi connectivity index (χ0) is 24.0. The normalized spacial score (nSPS) is 15.4. The number of pyridine rings is 1. The van der Waals surface area contributed by atoms with E-state index in [2.05, 4.69) is 9.97 Å². The number of hydrogen-bond acceptors (Lipinski definition) is 4. The molecule has 1 aliphatic rings. The molecule has 0 spiro atoms. The first kappa shape index (κ1) is 23.1. The van der Waals surface area contributed by atoms with Crippen LogP contribution >= 0.6 is 11.6 Å². The molecule has 3 aromatic rings. The largest absolute Gasteiger partial charge is 0.449 e. The molecule has 6 nitrogen and oxygen atoms in total. The van der Waals surface area contributed by atoms with Crippen LogP contribution in [0, 0.1) is 0 Å². The summed E-state index contributed by atoms with van der Waals surface area (Å²) in [6, 6.07) is 6.79. The zero-order valence-corrected chi connectivity index (χ0v) is 17.5. The average Bonchev–Trinajstić information content (AvgIpc) is 3.12. The highest BCUT2D eigenvalue weighted by atomic mass is 35.5. The van der Waals surface area contributed by atoms with Gasteiger partial charge in [-0.1, -0.05) is 23.7 Å². The van der Waals surface area contributed by atoms with E-state index >= 15 is 0 Å². The van der Waals surface area contributed by atoms with E-state index in [1.807, 2.05) is 0 Å². The van der Waals surface area contributed by atoms with Crippen LogP contribution in [0.3, 0.4) is 0 Å². The highest BCUT2D eigenvalue weighted by molar-refractivity contribution is 6.33. The first-order chi connectivity index (χ1) is 15.4. The zero-order valence-electron chi connectivity index (χ0n) is 16.8. The summed E-state index contributed by atoms with van der Waals surface area (Å²) in [5.74, 6) is -1.54. The minimum Gasteiger partial charge on any atom is -0.352 e. The van der Waals surface area contributed by atoms with Crippen molar-refractivity contribution in [2.45, 2.75) is 18.9 Å². The van der Waals surface area contributed by atoms with Gasteiger partial charge in [-0.3, -0.25) is 4.79 Å². The average molecular weight is 492 g/mol. The smallest absolute Gasteiger partial charge is 0.352 e. The minimum atomic E-state index is -4.73. The lowest BCUT2D eigenvalue weighted by Crippen LogP contribution is -2.50. The van der Waals surface area contributed by atoms with E-state index in [1.165, 1.54) is 17.0 Å². The molecule has 1 aliphatic heterocycles. The summed E-state index contributed by atoms with van der Waals surface area (Å²) >= 11 is 5.98. The third-order valence-corrected chi connectivity index (χ3v) is 5.56. The Morgan fingerprint density at radius 1 is 1.00 bits per heavy atom. The lowest BCUT2D eigenvalue weighted by atomic mass is 10.2. The summed E-state index contributed by atoms with van der Waals surface area (Å²) in [5, 5.41) is -0.177. The van der Waals surface area contributed by atoms with Crippen LogP contribution in [-0.4, -0.2) is 51.5 Å². The Morgan fingerprint density at radius 3 is 2.27 bits per heavy atom. The number of carbonyl (C=O) groups is 1. The third-order valence-electron chi connectivity index (χ3n) is 5.28. The highest BCUT2D eigenvalue weighted by Gasteiger charge is 2.38. The molecule has 4 rings (SSSR count). The molecule has 0 unspecified atom stereocenters. The minimum absolute atomic E-state index is 0.130. The number of carbonyl (C=O) groups excluding carboxylic acids is 1. The molecular formula is C20H16ClF6N5O. The maximum absolute atomic E-state index is 13.5. The van der Waals surface area contributed by atoms with E-state index in [0.717, 1.165) is 10.6 Å².